The Kier molecular flexibility index (Phi) is 3.92. The monoisotopic (exact) mass is 256 g/mol. The van der Waals surface area contributed by atoms with Crippen molar-refractivity contribution in [2.45, 2.75) is 13.0 Å². The van der Waals surface area contributed by atoms with E-state index in [0.29, 0.717) is 11.4 Å². The minimum atomic E-state index is -0.829. The molecule has 1 aromatic carbocycles. The lowest BCUT2D eigenvalue weighted by Crippen LogP contribution is -2.20. The fourth-order valence-corrected chi connectivity index (χ4v) is 1.88. The average Bonchev–Trinajstić information content (AvgIpc) is 2.45. The Balaban J connectivity index is 2.40. The number of aliphatic hydroxyl groups is 1. The first-order valence-electron chi connectivity index (χ1n) is 6.05. The van der Waals surface area contributed by atoms with E-state index in [1.54, 1.807) is 19.2 Å². The lowest BCUT2D eigenvalue weighted by molar-refractivity contribution is 0.0957. The van der Waals surface area contributed by atoms with E-state index >= 15 is 0 Å². The van der Waals surface area contributed by atoms with Gasteiger partial charge in [-0.1, -0.05) is 30.3 Å². The van der Waals surface area contributed by atoms with E-state index in [4.69, 9.17) is 0 Å². The molecule has 1 unspecified atom stereocenters. The highest BCUT2D eigenvalue weighted by molar-refractivity contribution is 5.92. The third-order valence-electron chi connectivity index (χ3n) is 2.84. The number of amides is 1. The zero-order valence-corrected chi connectivity index (χ0v) is 10.9. The minimum absolute atomic E-state index is 0.259. The molecule has 1 amide bonds. The van der Waals surface area contributed by atoms with Crippen LogP contribution in [0.1, 0.15) is 33.4 Å². The molecule has 0 aliphatic carbocycles. The van der Waals surface area contributed by atoms with E-state index in [9.17, 15) is 9.90 Å². The van der Waals surface area contributed by atoms with Crippen molar-refractivity contribution in [2.24, 2.45) is 0 Å². The molecule has 0 saturated carbocycles. The third-order valence-corrected chi connectivity index (χ3v) is 2.84. The maximum Gasteiger partial charge on any atom is 0.269 e. The summed E-state index contributed by atoms with van der Waals surface area (Å²) in [6, 6.07) is 12.7. The summed E-state index contributed by atoms with van der Waals surface area (Å²) in [5, 5.41) is 12.8. The van der Waals surface area contributed by atoms with Crippen LogP contribution in [0.2, 0.25) is 0 Å². The summed E-state index contributed by atoms with van der Waals surface area (Å²) in [5.41, 5.74) is 2.43. The highest BCUT2D eigenvalue weighted by Crippen LogP contribution is 2.21. The molecule has 0 fully saturated rings. The van der Waals surface area contributed by atoms with E-state index < -0.39 is 6.10 Å². The first-order valence-corrected chi connectivity index (χ1v) is 6.05. The molecular formula is C15H16N2O2. The SMILES string of the molecule is CNC(=O)c1cc(C)cc(C(O)c2ccccc2)n1. The Bertz CT molecular complexity index is 582. The molecule has 2 aromatic rings. The molecular weight excluding hydrogens is 240 g/mol. The minimum Gasteiger partial charge on any atom is -0.382 e. The van der Waals surface area contributed by atoms with Crippen molar-refractivity contribution in [3.8, 4) is 0 Å². The molecule has 19 heavy (non-hydrogen) atoms. The van der Waals surface area contributed by atoms with E-state index in [-0.39, 0.29) is 5.91 Å². The Morgan fingerprint density at radius 2 is 1.95 bits per heavy atom. The van der Waals surface area contributed by atoms with Gasteiger partial charge in [0.05, 0.1) is 5.69 Å². The number of hydrogen-bond donors (Lipinski definition) is 2. The molecule has 2 rings (SSSR count). The second-order valence-corrected chi connectivity index (χ2v) is 4.35. The van der Waals surface area contributed by atoms with E-state index in [1.807, 2.05) is 37.3 Å². The smallest absolute Gasteiger partial charge is 0.269 e. The van der Waals surface area contributed by atoms with Crippen LogP contribution in [0.15, 0.2) is 42.5 Å². The van der Waals surface area contributed by atoms with Crippen LogP contribution in [0, 0.1) is 6.92 Å². The van der Waals surface area contributed by atoms with Crippen molar-refractivity contribution in [3.63, 3.8) is 0 Å². The largest absolute Gasteiger partial charge is 0.382 e. The number of nitrogens with zero attached hydrogens (tertiary/aromatic N) is 1. The highest BCUT2D eigenvalue weighted by atomic mass is 16.3. The standard InChI is InChI=1S/C15H16N2O2/c1-10-8-12(17-13(9-10)15(19)16-2)14(18)11-6-4-3-5-7-11/h3-9,14,18H,1-2H3,(H,16,19). The van der Waals surface area contributed by atoms with Gasteiger partial charge in [0, 0.05) is 7.05 Å². The van der Waals surface area contributed by atoms with Crippen molar-refractivity contribution in [2.75, 3.05) is 7.05 Å². The van der Waals surface area contributed by atoms with Gasteiger partial charge in [-0.25, -0.2) is 4.98 Å². The number of carbonyl (C=O) groups excluding carboxylic acids is 1. The third kappa shape index (κ3) is 2.98. The topological polar surface area (TPSA) is 62.2 Å². The van der Waals surface area contributed by atoms with Crippen molar-refractivity contribution >= 4 is 5.91 Å². The number of hydrogen-bond acceptors (Lipinski definition) is 3. The van der Waals surface area contributed by atoms with Gasteiger partial charge in [-0.2, -0.15) is 0 Å². The maximum atomic E-state index is 11.6. The van der Waals surface area contributed by atoms with Gasteiger partial charge < -0.3 is 10.4 Å². The van der Waals surface area contributed by atoms with Gasteiger partial charge in [0.2, 0.25) is 0 Å². The molecule has 1 aromatic heterocycles. The highest BCUT2D eigenvalue weighted by Gasteiger charge is 2.15. The summed E-state index contributed by atoms with van der Waals surface area (Å²) >= 11 is 0. The van der Waals surface area contributed by atoms with Gasteiger partial charge >= 0.3 is 0 Å². The molecule has 4 heteroatoms. The molecule has 98 valence electrons. The van der Waals surface area contributed by atoms with Crippen molar-refractivity contribution in [1.82, 2.24) is 10.3 Å². The van der Waals surface area contributed by atoms with Crippen molar-refractivity contribution in [1.29, 1.82) is 0 Å². The van der Waals surface area contributed by atoms with Crippen LogP contribution in [0.25, 0.3) is 0 Å². The molecule has 0 bridgehead atoms. The van der Waals surface area contributed by atoms with Gasteiger partial charge in [0.1, 0.15) is 11.8 Å². The summed E-state index contributed by atoms with van der Waals surface area (Å²) in [5.74, 6) is -0.259. The van der Waals surface area contributed by atoms with Crippen molar-refractivity contribution in [3.05, 3.63) is 65.0 Å². The Hall–Kier alpha value is -2.20. The maximum absolute atomic E-state index is 11.6. The molecule has 1 heterocycles. The van der Waals surface area contributed by atoms with Crippen LogP contribution in [0.4, 0.5) is 0 Å². The lowest BCUT2D eigenvalue weighted by atomic mass is 10.0. The fraction of sp³-hybridized carbons (Fsp3) is 0.200. The van der Waals surface area contributed by atoms with Gasteiger partial charge in [-0.15, -0.1) is 0 Å². The number of aliphatic hydroxyl groups excluding tert-OH is 1. The summed E-state index contributed by atoms with van der Waals surface area (Å²) in [4.78, 5) is 15.8. The second-order valence-electron chi connectivity index (χ2n) is 4.35. The first kappa shape index (κ1) is 13.2. The zero-order chi connectivity index (χ0) is 13.8. The van der Waals surface area contributed by atoms with Crippen LogP contribution in [0.5, 0.6) is 0 Å². The van der Waals surface area contributed by atoms with Gasteiger partial charge in [0.25, 0.3) is 5.91 Å². The fourth-order valence-electron chi connectivity index (χ4n) is 1.88. The molecule has 0 saturated heterocycles. The Labute approximate surface area is 112 Å². The molecule has 4 nitrogen and oxygen atoms in total. The van der Waals surface area contributed by atoms with Crippen LogP contribution in [-0.4, -0.2) is 23.0 Å². The number of rotatable bonds is 3. The number of benzene rings is 1. The van der Waals surface area contributed by atoms with Gasteiger partial charge in [-0.05, 0) is 30.2 Å². The Morgan fingerprint density at radius 3 is 2.58 bits per heavy atom. The predicted molar refractivity (Wildman–Crippen MR) is 72.9 cm³/mol. The lowest BCUT2D eigenvalue weighted by Gasteiger charge is -2.12. The van der Waals surface area contributed by atoms with Crippen LogP contribution < -0.4 is 5.32 Å². The molecule has 2 N–H and O–H groups in total. The number of aromatic nitrogens is 1. The number of aryl methyl sites for hydroxylation is 1. The van der Waals surface area contributed by atoms with Gasteiger partial charge in [-0.3, -0.25) is 4.79 Å². The van der Waals surface area contributed by atoms with Gasteiger partial charge in [0.15, 0.2) is 0 Å². The number of nitrogens with one attached hydrogen (secondary N) is 1. The van der Waals surface area contributed by atoms with E-state index in [2.05, 4.69) is 10.3 Å². The Morgan fingerprint density at radius 1 is 1.26 bits per heavy atom. The summed E-state index contributed by atoms with van der Waals surface area (Å²) in [6.07, 6.45) is -0.829. The summed E-state index contributed by atoms with van der Waals surface area (Å²) < 4.78 is 0. The predicted octanol–water partition coefficient (Wildman–Crippen LogP) is 1.83. The van der Waals surface area contributed by atoms with E-state index in [0.717, 1.165) is 11.1 Å². The molecule has 0 radical (unpaired) electrons. The summed E-state index contributed by atoms with van der Waals surface area (Å²) in [7, 11) is 1.56. The van der Waals surface area contributed by atoms with Crippen LogP contribution >= 0.6 is 0 Å². The molecule has 0 spiro atoms. The first-order chi connectivity index (χ1) is 9.11. The number of pyridine rings is 1. The van der Waals surface area contributed by atoms with E-state index in [1.165, 1.54) is 0 Å². The zero-order valence-electron chi connectivity index (χ0n) is 10.9. The molecule has 1 atom stereocenters. The van der Waals surface area contributed by atoms with Crippen LogP contribution in [0.3, 0.4) is 0 Å². The van der Waals surface area contributed by atoms with Crippen molar-refractivity contribution < 1.29 is 9.90 Å². The second kappa shape index (κ2) is 5.63. The molecule has 0 aliphatic heterocycles. The average molecular weight is 256 g/mol. The molecule has 0 aliphatic rings. The van der Waals surface area contributed by atoms with Crippen LogP contribution in [-0.2, 0) is 0 Å². The summed E-state index contributed by atoms with van der Waals surface area (Å²) in [6.45, 7) is 1.87. The quantitative estimate of drug-likeness (QED) is 0.880. The normalized spacial score (nSPS) is 11.9. The number of carbonyl (C=O) groups is 1.